The van der Waals surface area contributed by atoms with Gasteiger partial charge in [0.05, 0.1) is 22.6 Å². The molecule has 2 aromatic heterocycles. The molecule has 1 fully saturated rings. The van der Waals surface area contributed by atoms with Gasteiger partial charge in [0.1, 0.15) is 17.5 Å². The first-order valence-electron chi connectivity index (χ1n) is 10.5. The Bertz CT molecular complexity index is 1160. The van der Waals surface area contributed by atoms with Crippen molar-refractivity contribution in [3.8, 4) is 0 Å². The minimum Gasteiger partial charge on any atom is -0.342 e. The zero-order chi connectivity index (χ0) is 21.8. The van der Waals surface area contributed by atoms with Gasteiger partial charge in [0.25, 0.3) is 5.91 Å². The Labute approximate surface area is 180 Å². The van der Waals surface area contributed by atoms with Gasteiger partial charge in [-0.15, -0.1) is 0 Å². The van der Waals surface area contributed by atoms with Crippen molar-refractivity contribution in [2.24, 2.45) is 5.92 Å². The third-order valence-electron chi connectivity index (χ3n) is 6.09. The van der Waals surface area contributed by atoms with Gasteiger partial charge in [0.2, 0.25) is 0 Å². The van der Waals surface area contributed by atoms with Crippen molar-refractivity contribution in [2.45, 2.75) is 38.6 Å². The highest BCUT2D eigenvalue weighted by atomic mass is 19.1. The van der Waals surface area contributed by atoms with Crippen LogP contribution in [0.3, 0.4) is 0 Å². The largest absolute Gasteiger partial charge is 0.342 e. The van der Waals surface area contributed by atoms with E-state index < -0.39 is 5.54 Å². The van der Waals surface area contributed by atoms with Gasteiger partial charge >= 0.3 is 0 Å². The van der Waals surface area contributed by atoms with Crippen LogP contribution in [0.1, 0.15) is 53.8 Å². The summed E-state index contributed by atoms with van der Waals surface area (Å²) in [4.78, 5) is 28.7. The molecule has 1 saturated carbocycles. The lowest BCUT2D eigenvalue weighted by molar-refractivity contribution is 0.0910. The fourth-order valence-electron chi connectivity index (χ4n) is 4.27. The van der Waals surface area contributed by atoms with Gasteiger partial charge in [-0.1, -0.05) is 0 Å². The molecule has 7 heteroatoms. The van der Waals surface area contributed by atoms with E-state index in [1.165, 1.54) is 24.3 Å². The Morgan fingerprint density at radius 2 is 1.90 bits per heavy atom. The minimum absolute atomic E-state index is 0.257. The van der Waals surface area contributed by atoms with E-state index in [4.69, 9.17) is 4.98 Å². The first-order valence-corrected chi connectivity index (χ1v) is 10.5. The predicted octanol–water partition coefficient (Wildman–Crippen LogP) is 4.24. The maximum atomic E-state index is 13.2. The van der Waals surface area contributed by atoms with E-state index in [1.54, 1.807) is 6.20 Å². The van der Waals surface area contributed by atoms with E-state index in [1.807, 2.05) is 32.9 Å². The highest BCUT2D eigenvalue weighted by molar-refractivity contribution is 5.94. The third-order valence-corrected chi connectivity index (χ3v) is 6.09. The predicted molar refractivity (Wildman–Crippen MR) is 116 cm³/mol. The molecule has 0 saturated heterocycles. The summed E-state index contributed by atoms with van der Waals surface area (Å²) in [5.41, 5.74) is 2.67. The monoisotopic (exact) mass is 417 g/mol. The van der Waals surface area contributed by atoms with E-state index in [0.717, 1.165) is 41.7 Å². The summed E-state index contributed by atoms with van der Waals surface area (Å²) in [6.07, 6.45) is 2.90. The molecule has 158 valence electrons. The number of anilines is 2. The number of hydrogen-bond donors (Lipinski definition) is 1. The Hall–Kier alpha value is -3.35. The molecule has 0 unspecified atom stereocenters. The minimum atomic E-state index is -0.682. The Morgan fingerprint density at radius 1 is 1.13 bits per heavy atom. The van der Waals surface area contributed by atoms with Gasteiger partial charge in [-0.25, -0.2) is 14.4 Å². The van der Waals surface area contributed by atoms with Crippen molar-refractivity contribution in [1.82, 2.24) is 20.3 Å². The van der Waals surface area contributed by atoms with Gasteiger partial charge in [-0.05, 0) is 75.6 Å². The van der Waals surface area contributed by atoms with E-state index in [2.05, 4.69) is 26.3 Å². The van der Waals surface area contributed by atoms with Crippen LogP contribution in [0, 0.1) is 18.7 Å². The SMILES string of the molecule is Cc1nccc(N2C[C@@H]3C[C@@H]3c3nc(C(C)(C)NC(=O)c4ccc(F)cc4)ccc32)n1. The normalized spacial score (nSPS) is 19.4. The Morgan fingerprint density at radius 3 is 2.65 bits per heavy atom. The van der Waals surface area contributed by atoms with Crippen molar-refractivity contribution in [3.05, 3.63) is 77.3 Å². The molecule has 1 aromatic carbocycles. The molecule has 3 aromatic rings. The molecule has 31 heavy (non-hydrogen) atoms. The fraction of sp³-hybridized carbons (Fsp3) is 0.333. The molecular weight excluding hydrogens is 393 g/mol. The maximum Gasteiger partial charge on any atom is 0.252 e. The lowest BCUT2D eigenvalue weighted by Gasteiger charge is -2.32. The van der Waals surface area contributed by atoms with Crippen LogP contribution < -0.4 is 10.2 Å². The summed E-state index contributed by atoms with van der Waals surface area (Å²) in [5.74, 6) is 2.03. The smallest absolute Gasteiger partial charge is 0.252 e. The number of carbonyl (C=O) groups is 1. The number of rotatable bonds is 4. The fourth-order valence-corrected chi connectivity index (χ4v) is 4.27. The third kappa shape index (κ3) is 3.65. The van der Waals surface area contributed by atoms with E-state index in [0.29, 0.717) is 17.4 Å². The van der Waals surface area contributed by atoms with Crippen LogP contribution in [0.15, 0.2) is 48.7 Å². The second-order valence-corrected chi connectivity index (χ2v) is 8.86. The molecule has 1 aliphatic carbocycles. The van der Waals surface area contributed by atoms with Crippen LogP contribution in [-0.2, 0) is 5.54 Å². The molecule has 3 heterocycles. The van der Waals surface area contributed by atoms with Gasteiger partial charge in [0, 0.05) is 24.2 Å². The first-order chi connectivity index (χ1) is 14.8. The second-order valence-electron chi connectivity index (χ2n) is 8.86. The van der Waals surface area contributed by atoms with Crippen molar-refractivity contribution < 1.29 is 9.18 Å². The molecule has 5 rings (SSSR count). The summed E-state index contributed by atoms with van der Waals surface area (Å²) in [5, 5.41) is 3.04. The Kier molecular flexibility index (Phi) is 4.50. The van der Waals surface area contributed by atoms with Crippen LogP contribution in [-0.4, -0.2) is 27.4 Å². The van der Waals surface area contributed by atoms with Crippen molar-refractivity contribution in [2.75, 3.05) is 11.4 Å². The van der Waals surface area contributed by atoms with Crippen molar-refractivity contribution >= 4 is 17.4 Å². The van der Waals surface area contributed by atoms with Crippen LogP contribution in [0.25, 0.3) is 0 Å². The summed E-state index contributed by atoms with van der Waals surface area (Å²) < 4.78 is 13.2. The molecule has 6 nitrogen and oxygen atoms in total. The summed E-state index contributed by atoms with van der Waals surface area (Å²) in [7, 11) is 0. The van der Waals surface area contributed by atoms with Crippen molar-refractivity contribution in [1.29, 1.82) is 0 Å². The molecule has 0 spiro atoms. The van der Waals surface area contributed by atoms with E-state index in [9.17, 15) is 9.18 Å². The highest BCUT2D eigenvalue weighted by Crippen LogP contribution is 2.55. The number of aryl methyl sites for hydroxylation is 1. The number of nitrogens with one attached hydrogen (secondary N) is 1. The number of aromatic nitrogens is 3. The van der Waals surface area contributed by atoms with Gasteiger partial charge in [-0.3, -0.25) is 9.78 Å². The standard InChI is InChI=1S/C24H24FN5O/c1-14-26-11-10-21(27-14)30-13-16-12-18(16)22-19(30)8-9-20(28-22)24(2,3)29-23(31)15-4-6-17(25)7-5-15/h4-11,16,18H,12-13H2,1-3H3,(H,29,31)/t16-,18-/m0/s1. The number of nitrogens with zero attached hydrogens (tertiary/aromatic N) is 4. The van der Waals surface area contributed by atoms with Crippen LogP contribution in [0.2, 0.25) is 0 Å². The number of hydrogen-bond acceptors (Lipinski definition) is 5. The number of halogens is 1. The average Bonchev–Trinajstić information content (AvgIpc) is 3.53. The number of fused-ring (bicyclic) bond motifs is 3. The van der Waals surface area contributed by atoms with Crippen LogP contribution in [0.5, 0.6) is 0 Å². The number of benzene rings is 1. The van der Waals surface area contributed by atoms with E-state index in [-0.39, 0.29) is 11.7 Å². The summed E-state index contributed by atoms with van der Waals surface area (Å²) in [6, 6.07) is 11.5. The van der Waals surface area contributed by atoms with Crippen molar-refractivity contribution in [3.63, 3.8) is 0 Å². The molecule has 2 aliphatic rings. The molecule has 0 bridgehead atoms. The summed E-state index contributed by atoms with van der Waals surface area (Å²) >= 11 is 0. The van der Waals surface area contributed by atoms with E-state index >= 15 is 0 Å². The average molecular weight is 417 g/mol. The molecule has 1 aliphatic heterocycles. The van der Waals surface area contributed by atoms with Gasteiger partial charge < -0.3 is 10.2 Å². The topological polar surface area (TPSA) is 71.0 Å². The summed E-state index contributed by atoms with van der Waals surface area (Å²) in [6.45, 7) is 6.69. The zero-order valence-electron chi connectivity index (χ0n) is 17.8. The maximum absolute atomic E-state index is 13.2. The van der Waals surface area contributed by atoms with Crippen LogP contribution in [0.4, 0.5) is 15.9 Å². The zero-order valence-corrected chi connectivity index (χ0v) is 17.8. The number of amides is 1. The number of carbonyl (C=O) groups excluding carboxylic acids is 1. The quantitative estimate of drug-likeness (QED) is 0.688. The first kappa shape index (κ1) is 19.6. The molecule has 2 atom stereocenters. The lowest BCUT2D eigenvalue weighted by Crippen LogP contribution is -2.42. The van der Waals surface area contributed by atoms with Gasteiger partial charge in [0.15, 0.2) is 0 Å². The second kappa shape index (κ2) is 7.11. The molecule has 1 amide bonds. The molecular formula is C24H24FN5O. The Balaban J connectivity index is 1.44. The van der Waals surface area contributed by atoms with Crippen LogP contribution >= 0.6 is 0 Å². The highest BCUT2D eigenvalue weighted by Gasteiger charge is 2.47. The van der Waals surface area contributed by atoms with Gasteiger partial charge in [-0.2, -0.15) is 0 Å². The lowest BCUT2D eigenvalue weighted by atomic mass is 9.97. The number of pyridine rings is 1. The molecule has 0 radical (unpaired) electrons. The molecule has 1 N–H and O–H groups in total.